The summed E-state index contributed by atoms with van der Waals surface area (Å²) in [5, 5.41) is 3.57. The molecule has 1 N–H and O–H groups in total. The smallest absolute Gasteiger partial charge is 0.123 e. The molecule has 0 saturated heterocycles. The molecule has 0 amide bonds. The fourth-order valence-electron chi connectivity index (χ4n) is 2.13. The van der Waals surface area contributed by atoms with Crippen LogP contribution < -0.4 is 5.32 Å². The van der Waals surface area contributed by atoms with E-state index in [-0.39, 0.29) is 11.4 Å². The van der Waals surface area contributed by atoms with Crippen LogP contribution in [0.25, 0.3) is 0 Å². The van der Waals surface area contributed by atoms with Crippen LogP contribution in [0.15, 0.2) is 22.7 Å². The van der Waals surface area contributed by atoms with Crippen LogP contribution in [0.2, 0.25) is 0 Å². The van der Waals surface area contributed by atoms with E-state index in [0.717, 1.165) is 23.0 Å². The zero-order valence-corrected chi connectivity index (χ0v) is 12.9. The monoisotopic (exact) mass is 313 g/mol. The van der Waals surface area contributed by atoms with Gasteiger partial charge in [0.2, 0.25) is 0 Å². The molecule has 1 aromatic rings. The molecule has 1 aromatic carbocycles. The quantitative estimate of drug-likeness (QED) is 0.874. The lowest BCUT2D eigenvalue weighted by molar-refractivity contribution is 0.356. The molecule has 1 fully saturated rings. The predicted molar refractivity (Wildman–Crippen MR) is 77.2 cm³/mol. The molecule has 100 valence electrons. The van der Waals surface area contributed by atoms with Crippen molar-refractivity contribution in [2.24, 2.45) is 5.41 Å². The van der Waals surface area contributed by atoms with Crippen LogP contribution in [0.3, 0.4) is 0 Å². The van der Waals surface area contributed by atoms with Gasteiger partial charge in [0.25, 0.3) is 0 Å². The first-order chi connectivity index (χ1) is 8.30. The van der Waals surface area contributed by atoms with Gasteiger partial charge in [-0.1, -0.05) is 15.9 Å². The van der Waals surface area contributed by atoms with Gasteiger partial charge in [0, 0.05) is 16.6 Å². The van der Waals surface area contributed by atoms with Crippen molar-refractivity contribution < 1.29 is 4.39 Å². The summed E-state index contributed by atoms with van der Waals surface area (Å²) in [6.07, 6.45) is 3.42. The van der Waals surface area contributed by atoms with Crippen LogP contribution in [0.4, 0.5) is 4.39 Å². The highest BCUT2D eigenvalue weighted by atomic mass is 79.9. The van der Waals surface area contributed by atoms with Gasteiger partial charge < -0.3 is 5.32 Å². The Hall–Kier alpha value is -0.410. The number of halogens is 2. The molecule has 2 rings (SSSR count). The largest absolute Gasteiger partial charge is 0.312 e. The van der Waals surface area contributed by atoms with Crippen molar-refractivity contribution >= 4 is 15.9 Å². The third-order valence-electron chi connectivity index (χ3n) is 3.52. The summed E-state index contributed by atoms with van der Waals surface area (Å²) in [4.78, 5) is 0. The topological polar surface area (TPSA) is 12.0 Å². The lowest BCUT2D eigenvalue weighted by Crippen LogP contribution is -2.40. The van der Waals surface area contributed by atoms with E-state index in [1.165, 1.54) is 18.9 Å². The lowest BCUT2D eigenvalue weighted by atomic mass is 9.95. The van der Waals surface area contributed by atoms with Crippen LogP contribution >= 0.6 is 15.9 Å². The van der Waals surface area contributed by atoms with E-state index in [1.54, 1.807) is 12.1 Å². The number of hydrogen-bond acceptors (Lipinski definition) is 1. The minimum Gasteiger partial charge on any atom is -0.312 e. The maximum absolute atomic E-state index is 13.3. The second-order valence-electron chi connectivity index (χ2n) is 6.52. The Balaban J connectivity index is 2.02. The first-order valence-corrected chi connectivity index (χ1v) is 7.28. The van der Waals surface area contributed by atoms with E-state index in [1.807, 2.05) is 0 Å². The zero-order valence-electron chi connectivity index (χ0n) is 11.3. The molecule has 1 saturated carbocycles. The van der Waals surface area contributed by atoms with Gasteiger partial charge in [-0.25, -0.2) is 4.39 Å². The minimum absolute atomic E-state index is 0.146. The summed E-state index contributed by atoms with van der Waals surface area (Å²) in [6.45, 7) is 7.56. The summed E-state index contributed by atoms with van der Waals surface area (Å²) in [5.41, 5.74) is 1.57. The summed E-state index contributed by atoms with van der Waals surface area (Å²) in [5.74, 6) is -0.146. The highest BCUT2D eigenvalue weighted by Gasteiger charge is 2.43. The fourth-order valence-corrected chi connectivity index (χ4v) is 2.52. The van der Waals surface area contributed by atoms with E-state index in [9.17, 15) is 4.39 Å². The van der Waals surface area contributed by atoms with E-state index in [4.69, 9.17) is 0 Å². The first-order valence-electron chi connectivity index (χ1n) is 6.49. The lowest BCUT2D eigenvalue weighted by Gasteiger charge is -2.25. The molecule has 1 aliphatic rings. The predicted octanol–water partition coefficient (Wildman–Crippen LogP) is 4.30. The Morgan fingerprint density at radius 3 is 2.56 bits per heavy atom. The van der Waals surface area contributed by atoms with Crippen molar-refractivity contribution in [2.45, 2.75) is 45.6 Å². The molecule has 0 aromatic heterocycles. The first kappa shape index (κ1) is 14.0. The Bertz CT molecular complexity index is 433. The van der Waals surface area contributed by atoms with Gasteiger partial charge in [-0.05, 0) is 69.2 Å². The summed E-state index contributed by atoms with van der Waals surface area (Å²) >= 11 is 3.51. The molecule has 3 heteroatoms. The Kier molecular flexibility index (Phi) is 3.84. The average Bonchev–Trinajstić information content (AvgIpc) is 3.01. The van der Waals surface area contributed by atoms with Gasteiger partial charge in [0.1, 0.15) is 5.82 Å². The maximum Gasteiger partial charge on any atom is 0.123 e. The zero-order chi connectivity index (χ0) is 13.4. The van der Waals surface area contributed by atoms with Crippen LogP contribution in [0.1, 0.15) is 39.2 Å². The molecule has 1 nitrogen and oxygen atoms in total. The Morgan fingerprint density at radius 1 is 1.33 bits per heavy atom. The molecule has 0 atom stereocenters. The second-order valence-corrected chi connectivity index (χ2v) is 7.37. The second kappa shape index (κ2) is 4.93. The number of benzene rings is 1. The molecular formula is C15H21BrFN. The van der Waals surface area contributed by atoms with E-state index >= 15 is 0 Å². The Morgan fingerprint density at radius 2 is 2.00 bits per heavy atom. The van der Waals surface area contributed by atoms with Crippen LogP contribution in [-0.2, 0) is 6.42 Å². The molecule has 0 heterocycles. The van der Waals surface area contributed by atoms with Crippen molar-refractivity contribution in [3.05, 3.63) is 34.1 Å². The van der Waals surface area contributed by atoms with E-state index in [0.29, 0.717) is 5.41 Å². The van der Waals surface area contributed by atoms with E-state index in [2.05, 4.69) is 42.0 Å². The van der Waals surface area contributed by atoms with Gasteiger partial charge in [0.05, 0.1) is 0 Å². The van der Waals surface area contributed by atoms with Crippen molar-refractivity contribution in [1.29, 1.82) is 0 Å². The fraction of sp³-hybridized carbons (Fsp3) is 0.600. The highest BCUT2D eigenvalue weighted by Crippen LogP contribution is 2.48. The Labute approximate surface area is 117 Å². The average molecular weight is 314 g/mol. The van der Waals surface area contributed by atoms with Crippen LogP contribution in [0.5, 0.6) is 0 Å². The van der Waals surface area contributed by atoms with E-state index < -0.39 is 0 Å². The highest BCUT2D eigenvalue weighted by molar-refractivity contribution is 9.10. The standard InChI is InChI=1S/C15H21BrFN/c1-14(2,3)18-10-15(6-7-15)9-11-8-12(17)4-5-13(11)16/h4-5,8,18H,6-7,9-10H2,1-3H3. The number of nitrogens with one attached hydrogen (secondary N) is 1. The summed E-state index contributed by atoms with van der Waals surface area (Å²) < 4.78 is 14.3. The molecule has 0 unspecified atom stereocenters. The van der Waals surface area contributed by atoms with Gasteiger partial charge >= 0.3 is 0 Å². The van der Waals surface area contributed by atoms with Crippen molar-refractivity contribution in [2.75, 3.05) is 6.54 Å². The van der Waals surface area contributed by atoms with Crippen molar-refractivity contribution in [3.8, 4) is 0 Å². The number of hydrogen-bond donors (Lipinski definition) is 1. The van der Waals surface area contributed by atoms with Gasteiger partial charge in [0.15, 0.2) is 0 Å². The van der Waals surface area contributed by atoms with Gasteiger partial charge in [-0.3, -0.25) is 0 Å². The maximum atomic E-state index is 13.3. The van der Waals surface area contributed by atoms with Crippen molar-refractivity contribution in [3.63, 3.8) is 0 Å². The number of rotatable bonds is 4. The normalized spacial score (nSPS) is 17.8. The third kappa shape index (κ3) is 3.79. The van der Waals surface area contributed by atoms with Gasteiger partial charge in [-0.15, -0.1) is 0 Å². The molecule has 18 heavy (non-hydrogen) atoms. The molecule has 1 aliphatic carbocycles. The molecule has 0 spiro atoms. The molecule has 0 radical (unpaired) electrons. The summed E-state index contributed by atoms with van der Waals surface area (Å²) in [6, 6.07) is 4.96. The van der Waals surface area contributed by atoms with Crippen molar-refractivity contribution in [1.82, 2.24) is 5.32 Å². The minimum atomic E-state index is -0.146. The van der Waals surface area contributed by atoms with Crippen LogP contribution in [0, 0.1) is 11.2 Å². The SMILES string of the molecule is CC(C)(C)NCC1(Cc2cc(F)ccc2Br)CC1. The molecule has 0 bridgehead atoms. The van der Waals surface area contributed by atoms with Gasteiger partial charge in [-0.2, -0.15) is 0 Å². The molecular weight excluding hydrogens is 293 g/mol. The summed E-state index contributed by atoms with van der Waals surface area (Å²) in [7, 11) is 0. The third-order valence-corrected chi connectivity index (χ3v) is 4.30. The van der Waals surface area contributed by atoms with Crippen LogP contribution in [-0.4, -0.2) is 12.1 Å². The molecule has 0 aliphatic heterocycles.